The third-order valence-electron chi connectivity index (χ3n) is 3.25. The maximum atomic E-state index is 8.96. The van der Waals surface area contributed by atoms with Gasteiger partial charge >= 0.3 is 0 Å². The monoisotopic (exact) mass is 235 g/mol. The highest BCUT2D eigenvalue weighted by Gasteiger charge is 2.20. The molecular formula is C14H21NO2. The number of rotatable bonds is 6. The van der Waals surface area contributed by atoms with Crippen LogP contribution < -0.4 is 0 Å². The van der Waals surface area contributed by atoms with Crippen LogP contribution in [0.2, 0.25) is 0 Å². The van der Waals surface area contributed by atoms with Crippen molar-refractivity contribution in [1.29, 1.82) is 0 Å². The van der Waals surface area contributed by atoms with Crippen molar-refractivity contribution in [2.45, 2.75) is 45.4 Å². The summed E-state index contributed by atoms with van der Waals surface area (Å²) in [5.41, 5.74) is 0. The highest BCUT2D eigenvalue weighted by Crippen LogP contribution is 2.20. The molecule has 1 aliphatic heterocycles. The predicted molar refractivity (Wildman–Crippen MR) is 67.5 cm³/mol. The zero-order valence-corrected chi connectivity index (χ0v) is 10.4. The lowest BCUT2D eigenvalue weighted by Crippen LogP contribution is -2.29. The summed E-state index contributed by atoms with van der Waals surface area (Å²) in [4.78, 5) is 2.41. The van der Waals surface area contributed by atoms with Crippen molar-refractivity contribution < 1.29 is 9.52 Å². The molecule has 3 heteroatoms. The molecule has 0 saturated heterocycles. The molecule has 1 atom stereocenters. The zero-order valence-electron chi connectivity index (χ0n) is 10.4. The van der Waals surface area contributed by atoms with E-state index in [1.165, 1.54) is 19.3 Å². The van der Waals surface area contributed by atoms with Crippen LogP contribution in [-0.4, -0.2) is 22.6 Å². The summed E-state index contributed by atoms with van der Waals surface area (Å²) in [6, 6.07) is 4.36. The summed E-state index contributed by atoms with van der Waals surface area (Å²) in [7, 11) is 0. The van der Waals surface area contributed by atoms with Crippen LogP contribution >= 0.6 is 0 Å². The van der Waals surface area contributed by atoms with Crippen LogP contribution in [0.4, 0.5) is 0 Å². The molecule has 1 aromatic rings. The van der Waals surface area contributed by atoms with Crippen LogP contribution in [-0.2, 0) is 13.2 Å². The quantitative estimate of drug-likeness (QED) is 0.770. The van der Waals surface area contributed by atoms with E-state index < -0.39 is 0 Å². The Balaban J connectivity index is 1.89. The van der Waals surface area contributed by atoms with Crippen molar-refractivity contribution >= 4 is 0 Å². The van der Waals surface area contributed by atoms with E-state index in [1.54, 1.807) is 0 Å². The molecule has 0 amide bonds. The molecule has 0 aromatic carbocycles. The Hall–Kier alpha value is -1.06. The van der Waals surface area contributed by atoms with Crippen molar-refractivity contribution in [2.24, 2.45) is 0 Å². The highest BCUT2D eigenvalue weighted by atomic mass is 16.4. The minimum Gasteiger partial charge on any atom is -0.462 e. The van der Waals surface area contributed by atoms with E-state index in [9.17, 15) is 0 Å². The van der Waals surface area contributed by atoms with Gasteiger partial charge in [-0.15, -0.1) is 0 Å². The largest absolute Gasteiger partial charge is 0.462 e. The Kier molecular flexibility index (Phi) is 4.40. The Morgan fingerprint density at radius 3 is 2.94 bits per heavy atom. The summed E-state index contributed by atoms with van der Waals surface area (Å²) < 4.78 is 5.53. The summed E-state index contributed by atoms with van der Waals surface area (Å²) in [5.74, 6) is 1.59. The van der Waals surface area contributed by atoms with Gasteiger partial charge in [0.25, 0.3) is 0 Å². The van der Waals surface area contributed by atoms with E-state index in [1.807, 2.05) is 12.1 Å². The first-order valence-electron chi connectivity index (χ1n) is 6.42. The molecule has 1 N–H and O–H groups in total. The first-order valence-corrected chi connectivity index (χ1v) is 6.42. The van der Waals surface area contributed by atoms with Gasteiger partial charge in [-0.2, -0.15) is 0 Å². The number of aliphatic hydroxyl groups excluding tert-OH is 1. The number of hydrogen-bond donors (Lipinski definition) is 1. The summed E-state index contributed by atoms with van der Waals surface area (Å²) in [6.07, 6.45) is 8.27. The van der Waals surface area contributed by atoms with Crippen molar-refractivity contribution in [1.82, 2.24) is 4.90 Å². The van der Waals surface area contributed by atoms with E-state index in [-0.39, 0.29) is 6.61 Å². The Morgan fingerprint density at radius 2 is 2.24 bits per heavy atom. The SMILES string of the molecule is CCCCC1C=CCN1Cc1ccc(CO)o1. The molecule has 94 valence electrons. The molecule has 3 nitrogen and oxygen atoms in total. The zero-order chi connectivity index (χ0) is 12.1. The van der Waals surface area contributed by atoms with Gasteiger partial charge in [0, 0.05) is 12.6 Å². The minimum absolute atomic E-state index is 0.0164. The van der Waals surface area contributed by atoms with Crippen molar-refractivity contribution in [2.75, 3.05) is 6.54 Å². The van der Waals surface area contributed by atoms with Gasteiger partial charge in [-0.3, -0.25) is 4.90 Å². The van der Waals surface area contributed by atoms with Gasteiger partial charge in [-0.1, -0.05) is 31.9 Å². The third-order valence-corrected chi connectivity index (χ3v) is 3.25. The van der Waals surface area contributed by atoms with Crippen LogP contribution in [0.5, 0.6) is 0 Å². The standard InChI is InChI=1S/C14H21NO2/c1-2-3-5-12-6-4-9-15(12)10-13-7-8-14(11-16)17-13/h4,6-8,12,16H,2-3,5,9-11H2,1H3. The van der Waals surface area contributed by atoms with Crippen molar-refractivity contribution in [3.63, 3.8) is 0 Å². The fourth-order valence-electron chi connectivity index (χ4n) is 2.28. The molecule has 0 saturated carbocycles. The van der Waals surface area contributed by atoms with Gasteiger partial charge in [0.2, 0.25) is 0 Å². The topological polar surface area (TPSA) is 36.6 Å². The van der Waals surface area contributed by atoms with E-state index in [0.29, 0.717) is 11.8 Å². The van der Waals surface area contributed by atoms with Crippen molar-refractivity contribution in [3.05, 3.63) is 35.8 Å². The summed E-state index contributed by atoms with van der Waals surface area (Å²) >= 11 is 0. The number of nitrogens with zero attached hydrogens (tertiary/aromatic N) is 1. The van der Waals surface area contributed by atoms with E-state index in [2.05, 4.69) is 24.0 Å². The lowest BCUT2D eigenvalue weighted by molar-refractivity contribution is 0.211. The first kappa shape index (κ1) is 12.4. The lowest BCUT2D eigenvalue weighted by atomic mass is 10.1. The average molecular weight is 235 g/mol. The van der Waals surface area contributed by atoms with Crippen molar-refractivity contribution in [3.8, 4) is 0 Å². The van der Waals surface area contributed by atoms with Gasteiger partial charge < -0.3 is 9.52 Å². The number of aliphatic hydroxyl groups is 1. The highest BCUT2D eigenvalue weighted by molar-refractivity contribution is 5.10. The number of furan rings is 1. The van der Waals surface area contributed by atoms with Crippen LogP contribution in [0.15, 0.2) is 28.7 Å². The van der Waals surface area contributed by atoms with Gasteiger partial charge in [-0.05, 0) is 18.6 Å². The Morgan fingerprint density at radius 1 is 1.41 bits per heavy atom. The molecule has 1 aliphatic rings. The summed E-state index contributed by atoms with van der Waals surface area (Å²) in [6.45, 7) is 4.05. The second-order valence-corrected chi connectivity index (χ2v) is 4.59. The molecule has 2 heterocycles. The van der Waals surface area contributed by atoms with Crippen LogP contribution in [0.1, 0.15) is 37.7 Å². The fraction of sp³-hybridized carbons (Fsp3) is 0.571. The molecule has 2 rings (SSSR count). The maximum Gasteiger partial charge on any atom is 0.129 e. The molecule has 1 aromatic heterocycles. The second kappa shape index (κ2) is 6.03. The molecule has 0 radical (unpaired) electrons. The predicted octanol–water partition coefficient (Wildman–Crippen LogP) is 2.70. The lowest BCUT2D eigenvalue weighted by Gasteiger charge is -2.23. The number of hydrogen-bond acceptors (Lipinski definition) is 3. The van der Waals surface area contributed by atoms with Crippen LogP contribution in [0.25, 0.3) is 0 Å². The smallest absolute Gasteiger partial charge is 0.129 e. The minimum atomic E-state index is -0.0164. The molecule has 0 bridgehead atoms. The maximum absolute atomic E-state index is 8.96. The molecule has 0 fully saturated rings. The Bertz CT molecular complexity index is 370. The normalized spacial score (nSPS) is 20.2. The molecule has 0 aliphatic carbocycles. The summed E-state index contributed by atoms with van der Waals surface area (Å²) in [5, 5.41) is 8.96. The second-order valence-electron chi connectivity index (χ2n) is 4.59. The Labute approximate surface area is 103 Å². The van der Waals surface area contributed by atoms with Gasteiger partial charge in [0.15, 0.2) is 0 Å². The van der Waals surface area contributed by atoms with E-state index >= 15 is 0 Å². The number of unbranched alkanes of at least 4 members (excludes halogenated alkanes) is 1. The van der Waals surface area contributed by atoms with E-state index in [4.69, 9.17) is 9.52 Å². The third kappa shape index (κ3) is 3.20. The van der Waals surface area contributed by atoms with Gasteiger partial charge in [0.05, 0.1) is 6.54 Å². The fourth-order valence-corrected chi connectivity index (χ4v) is 2.28. The van der Waals surface area contributed by atoms with Gasteiger partial charge in [0.1, 0.15) is 18.1 Å². The molecule has 1 unspecified atom stereocenters. The average Bonchev–Trinajstić information content (AvgIpc) is 2.96. The van der Waals surface area contributed by atoms with Gasteiger partial charge in [-0.25, -0.2) is 0 Å². The molecular weight excluding hydrogens is 214 g/mol. The van der Waals surface area contributed by atoms with E-state index in [0.717, 1.165) is 18.8 Å². The molecule has 0 spiro atoms. The first-order chi connectivity index (χ1) is 8.33. The van der Waals surface area contributed by atoms with Crippen LogP contribution in [0, 0.1) is 0 Å². The van der Waals surface area contributed by atoms with Crippen LogP contribution in [0.3, 0.4) is 0 Å². The molecule has 17 heavy (non-hydrogen) atoms.